The molecule has 2 N–H and O–H groups in total. The van der Waals surface area contributed by atoms with E-state index < -0.39 is 5.91 Å². The van der Waals surface area contributed by atoms with E-state index in [2.05, 4.69) is 20.5 Å². The van der Waals surface area contributed by atoms with Gasteiger partial charge >= 0.3 is 0 Å². The summed E-state index contributed by atoms with van der Waals surface area (Å²) in [6.07, 6.45) is 0. The third-order valence-electron chi connectivity index (χ3n) is 4.94. The third-order valence-corrected chi connectivity index (χ3v) is 5.47. The highest BCUT2D eigenvalue weighted by Gasteiger charge is 2.23. The number of carbonyl (C=O) groups is 1. The van der Waals surface area contributed by atoms with Crippen LogP contribution in [0.5, 0.6) is 11.5 Å². The van der Waals surface area contributed by atoms with Crippen molar-refractivity contribution in [3.63, 3.8) is 0 Å². The molecule has 0 saturated carbocycles. The number of nitrogens with zero attached hydrogens (tertiary/aromatic N) is 1. The van der Waals surface area contributed by atoms with Crippen molar-refractivity contribution in [3.8, 4) is 22.6 Å². The van der Waals surface area contributed by atoms with Crippen molar-refractivity contribution >= 4 is 21.8 Å². The molecule has 1 aliphatic rings. The predicted molar refractivity (Wildman–Crippen MR) is 107 cm³/mol. The average Bonchev–Trinajstić information content (AvgIpc) is 3.20. The zero-order valence-corrected chi connectivity index (χ0v) is 16.7. The standard InChI is InChI=1S/C21H19BrN2O3/c1-12-19(15-4-6-16(22)7-5-15)20(21(23)25)13(2)24(12)10-14-3-8-17-18(9-14)27-11-26-17/h3-9H,10-11H2,1-2H3,(H2,23,25). The van der Waals surface area contributed by atoms with Gasteiger partial charge in [0.25, 0.3) is 5.91 Å². The van der Waals surface area contributed by atoms with E-state index in [0.717, 1.165) is 44.0 Å². The summed E-state index contributed by atoms with van der Waals surface area (Å²) in [6.45, 7) is 4.82. The van der Waals surface area contributed by atoms with E-state index in [1.165, 1.54) is 0 Å². The van der Waals surface area contributed by atoms with Gasteiger partial charge in [0.05, 0.1) is 5.56 Å². The van der Waals surface area contributed by atoms with Crippen LogP contribution < -0.4 is 15.2 Å². The van der Waals surface area contributed by atoms with Gasteiger partial charge in [-0.05, 0) is 49.2 Å². The number of aromatic nitrogens is 1. The molecule has 6 heteroatoms. The molecule has 27 heavy (non-hydrogen) atoms. The molecule has 2 aromatic carbocycles. The third kappa shape index (κ3) is 3.10. The number of benzene rings is 2. The number of hydrogen-bond acceptors (Lipinski definition) is 3. The molecule has 5 nitrogen and oxygen atoms in total. The van der Waals surface area contributed by atoms with Gasteiger partial charge in [-0.25, -0.2) is 0 Å². The van der Waals surface area contributed by atoms with E-state index in [1.807, 2.05) is 56.3 Å². The minimum Gasteiger partial charge on any atom is -0.454 e. The molecule has 3 aromatic rings. The topological polar surface area (TPSA) is 66.5 Å². The minimum absolute atomic E-state index is 0.250. The first kappa shape index (κ1) is 17.7. The molecule has 0 atom stereocenters. The first-order valence-corrected chi connectivity index (χ1v) is 9.39. The number of halogens is 1. The Labute approximate surface area is 165 Å². The van der Waals surface area contributed by atoms with Crippen molar-refractivity contribution in [2.24, 2.45) is 5.73 Å². The van der Waals surface area contributed by atoms with Gasteiger partial charge in [0.2, 0.25) is 6.79 Å². The van der Waals surface area contributed by atoms with Crippen LogP contribution in [0.4, 0.5) is 0 Å². The van der Waals surface area contributed by atoms with Crippen LogP contribution in [-0.4, -0.2) is 17.3 Å². The Kier molecular flexibility index (Phi) is 4.44. The van der Waals surface area contributed by atoms with Gasteiger partial charge < -0.3 is 19.8 Å². The van der Waals surface area contributed by atoms with Gasteiger partial charge in [0.15, 0.2) is 11.5 Å². The van der Waals surface area contributed by atoms with Crippen LogP contribution in [-0.2, 0) is 6.54 Å². The fourth-order valence-electron chi connectivity index (χ4n) is 3.61. The molecule has 0 fully saturated rings. The second kappa shape index (κ2) is 6.78. The van der Waals surface area contributed by atoms with Crippen LogP contribution in [0.3, 0.4) is 0 Å². The summed E-state index contributed by atoms with van der Waals surface area (Å²) in [5.74, 6) is 1.09. The monoisotopic (exact) mass is 426 g/mol. The number of amides is 1. The highest BCUT2D eigenvalue weighted by atomic mass is 79.9. The summed E-state index contributed by atoms with van der Waals surface area (Å²) in [5, 5.41) is 0. The summed E-state index contributed by atoms with van der Waals surface area (Å²) in [4.78, 5) is 12.2. The van der Waals surface area contributed by atoms with Gasteiger partial charge in [-0.3, -0.25) is 4.79 Å². The number of rotatable bonds is 4. The lowest BCUT2D eigenvalue weighted by molar-refractivity contribution is 0.1000. The number of primary amides is 1. The lowest BCUT2D eigenvalue weighted by atomic mass is 10.0. The SMILES string of the molecule is Cc1c(C(N)=O)c(-c2ccc(Br)cc2)c(C)n1Cc1ccc2c(c1)OCO2. The van der Waals surface area contributed by atoms with Crippen LogP contribution in [0.25, 0.3) is 11.1 Å². The second-order valence-electron chi connectivity index (χ2n) is 6.57. The first-order valence-electron chi connectivity index (χ1n) is 8.59. The van der Waals surface area contributed by atoms with Gasteiger partial charge in [-0.15, -0.1) is 0 Å². The summed E-state index contributed by atoms with van der Waals surface area (Å²) < 4.78 is 14.0. The Balaban J connectivity index is 1.80. The van der Waals surface area contributed by atoms with Crippen molar-refractivity contribution in [3.05, 3.63) is 69.5 Å². The van der Waals surface area contributed by atoms with Crippen molar-refractivity contribution in [2.75, 3.05) is 6.79 Å². The van der Waals surface area contributed by atoms with Crippen LogP contribution >= 0.6 is 15.9 Å². The number of carbonyl (C=O) groups excluding carboxylic acids is 1. The van der Waals surface area contributed by atoms with E-state index in [1.54, 1.807) is 0 Å². The molecule has 4 rings (SSSR count). The Morgan fingerprint density at radius 1 is 1.07 bits per heavy atom. The number of nitrogens with two attached hydrogens (primary N) is 1. The lowest BCUT2D eigenvalue weighted by Crippen LogP contribution is -2.13. The van der Waals surface area contributed by atoms with E-state index in [-0.39, 0.29) is 6.79 Å². The lowest BCUT2D eigenvalue weighted by Gasteiger charge is -2.11. The Bertz CT molecular complexity index is 1040. The minimum atomic E-state index is -0.419. The van der Waals surface area contributed by atoms with Crippen LogP contribution in [0, 0.1) is 13.8 Å². The van der Waals surface area contributed by atoms with Crippen molar-refractivity contribution in [2.45, 2.75) is 20.4 Å². The molecule has 2 heterocycles. The molecule has 0 unspecified atom stereocenters. The Morgan fingerprint density at radius 2 is 1.78 bits per heavy atom. The van der Waals surface area contributed by atoms with Crippen molar-refractivity contribution in [1.29, 1.82) is 0 Å². The molecule has 0 aliphatic carbocycles. The quantitative estimate of drug-likeness (QED) is 0.671. The maximum Gasteiger partial charge on any atom is 0.251 e. The average molecular weight is 427 g/mol. The van der Waals surface area contributed by atoms with E-state index in [0.29, 0.717) is 12.1 Å². The maximum absolute atomic E-state index is 12.2. The van der Waals surface area contributed by atoms with E-state index in [4.69, 9.17) is 15.2 Å². The highest BCUT2D eigenvalue weighted by Crippen LogP contribution is 2.35. The van der Waals surface area contributed by atoms with E-state index >= 15 is 0 Å². The molecule has 1 amide bonds. The van der Waals surface area contributed by atoms with Gasteiger partial charge in [-0.1, -0.05) is 34.1 Å². The molecule has 0 radical (unpaired) electrons. The molecule has 1 aromatic heterocycles. The van der Waals surface area contributed by atoms with E-state index in [9.17, 15) is 4.79 Å². The zero-order chi connectivity index (χ0) is 19.1. The second-order valence-corrected chi connectivity index (χ2v) is 7.48. The summed E-state index contributed by atoms with van der Waals surface area (Å²) in [7, 11) is 0. The van der Waals surface area contributed by atoms with Crippen LogP contribution in [0.2, 0.25) is 0 Å². The zero-order valence-electron chi connectivity index (χ0n) is 15.1. The Hall–Kier alpha value is -2.73. The number of ether oxygens (including phenoxy) is 2. The normalized spacial score (nSPS) is 12.4. The molecule has 0 saturated heterocycles. The largest absolute Gasteiger partial charge is 0.454 e. The fourth-order valence-corrected chi connectivity index (χ4v) is 3.88. The Morgan fingerprint density at radius 3 is 2.48 bits per heavy atom. The van der Waals surface area contributed by atoms with Crippen molar-refractivity contribution < 1.29 is 14.3 Å². The smallest absolute Gasteiger partial charge is 0.251 e. The van der Waals surface area contributed by atoms with Gasteiger partial charge in [-0.2, -0.15) is 0 Å². The number of hydrogen-bond donors (Lipinski definition) is 1. The molecule has 0 bridgehead atoms. The van der Waals surface area contributed by atoms with Crippen molar-refractivity contribution in [1.82, 2.24) is 4.57 Å². The predicted octanol–water partition coefficient (Wildman–Crippen LogP) is 4.41. The van der Waals surface area contributed by atoms with Gasteiger partial charge in [0.1, 0.15) is 0 Å². The fraction of sp³-hybridized carbons (Fsp3) is 0.190. The van der Waals surface area contributed by atoms with Crippen LogP contribution in [0.1, 0.15) is 27.3 Å². The summed E-state index contributed by atoms with van der Waals surface area (Å²) >= 11 is 3.45. The first-order chi connectivity index (χ1) is 13.0. The summed E-state index contributed by atoms with van der Waals surface area (Å²) in [6, 6.07) is 13.8. The van der Waals surface area contributed by atoms with Gasteiger partial charge in [0, 0.05) is 28.0 Å². The summed E-state index contributed by atoms with van der Waals surface area (Å²) in [5.41, 5.74) is 11.1. The highest BCUT2D eigenvalue weighted by molar-refractivity contribution is 9.10. The maximum atomic E-state index is 12.2. The molecular formula is C21H19BrN2O3. The molecule has 138 valence electrons. The molecular weight excluding hydrogens is 408 g/mol. The van der Waals surface area contributed by atoms with Crippen LogP contribution in [0.15, 0.2) is 46.9 Å². The molecule has 0 spiro atoms. The molecule has 1 aliphatic heterocycles. The number of fused-ring (bicyclic) bond motifs is 1.